The van der Waals surface area contributed by atoms with Crippen molar-refractivity contribution in [1.82, 2.24) is 9.55 Å². The molecule has 0 saturated carbocycles. The van der Waals surface area contributed by atoms with Crippen LogP contribution in [0.1, 0.15) is 19.1 Å². The van der Waals surface area contributed by atoms with E-state index in [1.165, 1.54) is 16.8 Å². The first-order valence-electron chi connectivity index (χ1n) is 5.84. The topological polar surface area (TPSA) is 128 Å². The van der Waals surface area contributed by atoms with Crippen molar-refractivity contribution in [2.45, 2.75) is 25.2 Å². The number of aliphatic carboxylic acids is 1. The van der Waals surface area contributed by atoms with Gasteiger partial charge in [0.1, 0.15) is 12.0 Å². The minimum Gasteiger partial charge on any atom is -0.481 e. The van der Waals surface area contributed by atoms with Gasteiger partial charge in [0.15, 0.2) is 0 Å². The number of aromatic nitrogens is 2. The second-order valence-corrected chi connectivity index (χ2v) is 4.45. The molecule has 0 aliphatic carbocycles. The average Bonchev–Trinajstić information content (AvgIpc) is 2.71. The van der Waals surface area contributed by atoms with Crippen molar-refractivity contribution in [3.8, 4) is 0 Å². The van der Waals surface area contributed by atoms with E-state index < -0.39 is 24.0 Å². The lowest BCUT2D eigenvalue weighted by molar-refractivity contribution is -0.138. The van der Waals surface area contributed by atoms with Crippen molar-refractivity contribution >= 4 is 11.8 Å². The molecule has 1 aromatic rings. The Hall–Kier alpha value is -1.93. The van der Waals surface area contributed by atoms with Crippen molar-refractivity contribution in [3.63, 3.8) is 0 Å². The maximum absolute atomic E-state index is 11.7. The molecule has 8 nitrogen and oxygen atoms in total. The lowest BCUT2D eigenvalue weighted by atomic mass is 9.97. The van der Waals surface area contributed by atoms with Crippen LogP contribution in [-0.4, -0.2) is 38.4 Å². The maximum atomic E-state index is 11.7. The molecule has 1 aliphatic heterocycles. The maximum Gasteiger partial charge on any atom is 0.351 e. The van der Waals surface area contributed by atoms with Gasteiger partial charge in [0.05, 0.1) is 19.1 Å². The normalized spacial score (nSPS) is 26.5. The first kappa shape index (κ1) is 13.5. The third-order valence-corrected chi connectivity index (χ3v) is 3.14. The largest absolute Gasteiger partial charge is 0.481 e. The van der Waals surface area contributed by atoms with Crippen LogP contribution in [0.5, 0.6) is 0 Å². The molecule has 1 aliphatic rings. The fraction of sp³-hybridized carbons (Fsp3) is 0.545. The number of carboxylic acids is 1. The third kappa shape index (κ3) is 2.91. The van der Waals surface area contributed by atoms with Gasteiger partial charge in [0.25, 0.3) is 0 Å². The Bertz CT molecular complexity index is 529. The number of rotatable bonds is 4. The molecule has 3 atom stereocenters. The number of nitrogen functional groups attached to an aromatic ring is 1. The lowest BCUT2D eigenvalue weighted by Gasteiger charge is -2.14. The minimum absolute atomic E-state index is 0.111. The Labute approximate surface area is 108 Å². The molecule has 0 bridgehead atoms. The van der Waals surface area contributed by atoms with Crippen LogP contribution in [0.15, 0.2) is 17.1 Å². The molecule has 1 aromatic heterocycles. The van der Waals surface area contributed by atoms with Gasteiger partial charge < -0.3 is 20.7 Å². The summed E-state index contributed by atoms with van der Waals surface area (Å²) < 4.78 is 6.75. The summed E-state index contributed by atoms with van der Waals surface area (Å²) in [5, 5.41) is 18.0. The predicted molar refractivity (Wildman–Crippen MR) is 64.3 cm³/mol. The first-order valence-corrected chi connectivity index (χ1v) is 5.84. The predicted octanol–water partition coefficient (Wildman–Crippen LogP) is -0.804. The van der Waals surface area contributed by atoms with E-state index in [0.717, 1.165) is 0 Å². The quantitative estimate of drug-likeness (QED) is 0.652. The Morgan fingerprint density at radius 1 is 1.63 bits per heavy atom. The second-order valence-electron chi connectivity index (χ2n) is 4.45. The zero-order chi connectivity index (χ0) is 14.0. The van der Waals surface area contributed by atoms with Crippen LogP contribution in [0.4, 0.5) is 5.82 Å². The third-order valence-electron chi connectivity index (χ3n) is 3.14. The van der Waals surface area contributed by atoms with Gasteiger partial charge in [-0.2, -0.15) is 4.98 Å². The highest BCUT2D eigenvalue weighted by Gasteiger charge is 2.37. The van der Waals surface area contributed by atoms with Crippen LogP contribution in [0.25, 0.3) is 0 Å². The van der Waals surface area contributed by atoms with Gasteiger partial charge in [-0.3, -0.25) is 9.36 Å². The molecule has 1 saturated heterocycles. The van der Waals surface area contributed by atoms with Gasteiger partial charge in [-0.1, -0.05) is 0 Å². The molecule has 0 radical (unpaired) electrons. The number of carboxylic acid groups (broad SMARTS) is 1. The first-order chi connectivity index (χ1) is 9.01. The molecule has 0 aromatic carbocycles. The average molecular weight is 269 g/mol. The van der Waals surface area contributed by atoms with Gasteiger partial charge in [0.2, 0.25) is 0 Å². The van der Waals surface area contributed by atoms with Gasteiger partial charge in [-0.05, 0) is 12.5 Å². The molecular weight excluding hydrogens is 254 g/mol. The van der Waals surface area contributed by atoms with Crippen LogP contribution in [0, 0.1) is 5.92 Å². The van der Waals surface area contributed by atoms with E-state index in [4.69, 9.17) is 15.6 Å². The zero-order valence-electron chi connectivity index (χ0n) is 10.1. The molecule has 104 valence electrons. The molecule has 2 heterocycles. The molecule has 0 spiro atoms. The molecular formula is C11H15N3O5. The van der Waals surface area contributed by atoms with Crippen LogP contribution < -0.4 is 11.4 Å². The number of nitrogens with two attached hydrogens (primary N) is 1. The summed E-state index contributed by atoms with van der Waals surface area (Å²) in [6, 6.07) is 1.46. The molecule has 8 heteroatoms. The van der Waals surface area contributed by atoms with Crippen LogP contribution in [0.2, 0.25) is 0 Å². The molecule has 2 rings (SSSR count). The number of carbonyl (C=O) groups is 1. The molecule has 4 N–H and O–H groups in total. The van der Waals surface area contributed by atoms with Gasteiger partial charge in [0, 0.05) is 12.1 Å². The van der Waals surface area contributed by atoms with E-state index in [0.29, 0.717) is 6.42 Å². The van der Waals surface area contributed by atoms with Crippen LogP contribution in [-0.2, 0) is 9.53 Å². The Balaban J connectivity index is 2.19. The number of nitrogens with zero attached hydrogens (tertiary/aromatic N) is 2. The van der Waals surface area contributed by atoms with E-state index in [-0.39, 0.29) is 24.8 Å². The molecule has 1 fully saturated rings. The van der Waals surface area contributed by atoms with Gasteiger partial charge >= 0.3 is 11.7 Å². The molecule has 0 amide bonds. The van der Waals surface area contributed by atoms with Gasteiger partial charge in [-0.15, -0.1) is 0 Å². The van der Waals surface area contributed by atoms with Crippen LogP contribution in [0.3, 0.4) is 0 Å². The lowest BCUT2D eigenvalue weighted by Crippen LogP contribution is -2.27. The van der Waals surface area contributed by atoms with Crippen molar-refractivity contribution in [2.24, 2.45) is 5.92 Å². The fourth-order valence-corrected chi connectivity index (χ4v) is 2.23. The van der Waals surface area contributed by atoms with Crippen molar-refractivity contribution < 1.29 is 19.7 Å². The summed E-state index contributed by atoms with van der Waals surface area (Å²) in [6.07, 6.45) is 0.460. The Morgan fingerprint density at radius 2 is 2.37 bits per heavy atom. The SMILES string of the molecule is Nc1ccn([C@H]2C[C@H](CC(=O)O)[C@@H](CO)O2)c(=O)n1. The van der Waals surface area contributed by atoms with E-state index in [2.05, 4.69) is 4.98 Å². The summed E-state index contributed by atoms with van der Waals surface area (Å²) in [5.74, 6) is -1.19. The van der Waals surface area contributed by atoms with Crippen molar-refractivity contribution in [1.29, 1.82) is 0 Å². The van der Waals surface area contributed by atoms with Gasteiger partial charge in [-0.25, -0.2) is 4.79 Å². The number of aliphatic hydroxyl groups excluding tert-OH is 1. The number of aliphatic hydroxyl groups is 1. The molecule has 0 unspecified atom stereocenters. The summed E-state index contributed by atoms with van der Waals surface area (Å²) in [5.41, 5.74) is 4.83. The van der Waals surface area contributed by atoms with E-state index in [1.54, 1.807) is 0 Å². The smallest absolute Gasteiger partial charge is 0.351 e. The second kappa shape index (κ2) is 5.37. The number of hydrogen-bond donors (Lipinski definition) is 3. The Kier molecular flexibility index (Phi) is 3.82. The van der Waals surface area contributed by atoms with Crippen molar-refractivity contribution in [3.05, 3.63) is 22.7 Å². The molecule has 19 heavy (non-hydrogen) atoms. The van der Waals surface area contributed by atoms with Crippen molar-refractivity contribution in [2.75, 3.05) is 12.3 Å². The highest BCUT2D eigenvalue weighted by molar-refractivity contribution is 5.67. The van der Waals surface area contributed by atoms with Crippen LogP contribution >= 0.6 is 0 Å². The summed E-state index contributed by atoms with van der Waals surface area (Å²) in [7, 11) is 0. The highest BCUT2D eigenvalue weighted by atomic mass is 16.5. The summed E-state index contributed by atoms with van der Waals surface area (Å²) in [6.45, 7) is -0.286. The monoisotopic (exact) mass is 269 g/mol. The minimum atomic E-state index is -0.963. The number of ether oxygens (including phenoxy) is 1. The summed E-state index contributed by atoms with van der Waals surface area (Å²) in [4.78, 5) is 26.0. The van der Waals surface area contributed by atoms with E-state index in [1.807, 2.05) is 0 Å². The fourth-order valence-electron chi connectivity index (χ4n) is 2.23. The zero-order valence-corrected chi connectivity index (χ0v) is 10.1. The number of hydrogen-bond acceptors (Lipinski definition) is 6. The highest BCUT2D eigenvalue weighted by Crippen LogP contribution is 2.34. The van der Waals surface area contributed by atoms with E-state index >= 15 is 0 Å². The van der Waals surface area contributed by atoms with E-state index in [9.17, 15) is 14.7 Å². The number of anilines is 1. The standard InChI is InChI=1S/C11H15N3O5/c12-8-1-2-14(11(18)13-8)9-3-6(4-10(16)17)7(5-15)19-9/h1-2,6-7,9,15H,3-5H2,(H,16,17)(H2,12,13,18)/t6-,7-,9-/m1/s1. The summed E-state index contributed by atoms with van der Waals surface area (Å²) >= 11 is 0. The Morgan fingerprint density at radius 3 is 2.95 bits per heavy atom.